The molecule has 2 rings (SSSR count). The van der Waals surface area contributed by atoms with Crippen LogP contribution in [0.4, 0.5) is 0 Å². The minimum Gasteiger partial charge on any atom is -0.349 e. The molecule has 6 nitrogen and oxygen atoms in total. The molecule has 1 aliphatic heterocycles. The molecule has 1 amide bonds. The maximum absolute atomic E-state index is 12.3. The molecular formula is C17H28ClN3O3S. The van der Waals surface area contributed by atoms with Crippen LogP contribution in [-0.2, 0) is 10.0 Å². The first-order valence-corrected chi connectivity index (χ1v) is 9.90. The lowest BCUT2D eigenvalue weighted by Gasteiger charge is -2.28. The van der Waals surface area contributed by atoms with Gasteiger partial charge in [-0.15, -0.1) is 12.4 Å². The van der Waals surface area contributed by atoms with Gasteiger partial charge in [0.2, 0.25) is 10.0 Å². The standard InChI is InChI=1S/C17H27N3O3S.ClH/c1-12(2)11-19-24(22,23)16-6-4-14(5-7-16)17(21)20-15-8-9-18-13(3)10-15;/h4-7,12-13,15,18-19H,8-11H2,1-3H3,(H,20,21);1H. The summed E-state index contributed by atoms with van der Waals surface area (Å²) in [6.45, 7) is 7.26. The highest BCUT2D eigenvalue weighted by Crippen LogP contribution is 2.13. The lowest BCUT2D eigenvalue weighted by atomic mass is 10.0. The zero-order valence-corrected chi connectivity index (χ0v) is 16.5. The summed E-state index contributed by atoms with van der Waals surface area (Å²) in [6, 6.07) is 6.62. The first-order valence-electron chi connectivity index (χ1n) is 8.42. The second-order valence-electron chi connectivity index (χ2n) is 6.82. The van der Waals surface area contributed by atoms with Gasteiger partial charge in [-0.25, -0.2) is 13.1 Å². The second-order valence-corrected chi connectivity index (χ2v) is 8.59. The SMILES string of the molecule is CC(C)CNS(=O)(=O)c1ccc(C(=O)NC2CCNC(C)C2)cc1.Cl. The van der Waals surface area contributed by atoms with E-state index in [0.29, 0.717) is 18.2 Å². The van der Waals surface area contributed by atoms with E-state index in [4.69, 9.17) is 0 Å². The minimum atomic E-state index is -3.52. The zero-order valence-electron chi connectivity index (χ0n) is 14.9. The van der Waals surface area contributed by atoms with Crippen molar-refractivity contribution in [1.29, 1.82) is 0 Å². The zero-order chi connectivity index (χ0) is 17.7. The Bertz CT molecular complexity index is 662. The summed E-state index contributed by atoms with van der Waals surface area (Å²) >= 11 is 0. The Morgan fingerprint density at radius 2 is 1.92 bits per heavy atom. The van der Waals surface area contributed by atoms with E-state index in [1.807, 2.05) is 13.8 Å². The fourth-order valence-corrected chi connectivity index (χ4v) is 3.89. The molecule has 0 spiro atoms. The van der Waals surface area contributed by atoms with Crippen LogP contribution in [0.1, 0.15) is 44.0 Å². The fraction of sp³-hybridized carbons (Fsp3) is 0.588. The van der Waals surface area contributed by atoms with Crippen molar-refractivity contribution in [3.8, 4) is 0 Å². The fourth-order valence-electron chi connectivity index (χ4n) is 2.68. The molecule has 1 fully saturated rings. The number of amides is 1. The highest BCUT2D eigenvalue weighted by atomic mass is 35.5. The summed E-state index contributed by atoms with van der Waals surface area (Å²) in [5, 5.41) is 6.36. The van der Waals surface area contributed by atoms with E-state index in [0.717, 1.165) is 19.4 Å². The van der Waals surface area contributed by atoms with Gasteiger partial charge in [0.1, 0.15) is 0 Å². The van der Waals surface area contributed by atoms with E-state index in [-0.39, 0.29) is 35.2 Å². The third kappa shape index (κ3) is 6.58. The number of benzene rings is 1. The third-order valence-electron chi connectivity index (χ3n) is 4.07. The molecule has 1 heterocycles. The summed E-state index contributed by atoms with van der Waals surface area (Å²) in [5.41, 5.74) is 0.476. The summed E-state index contributed by atoms with van der Waals surface area (Å²) in [7, 11) is -3.52. The van der Waals surface area contributed by atoms with Gasteiger partial charge in [-0.05, 0) is 56.5 Å². The van der Waals surface area contributed by atoms with Gasteiger partial charge >= 0.3 is 0 Å². The van der Waals surface area contributed by atoms with Gasteiger partial charge in [-0.3, -0.25) is 4.79 Å². The topological polar surface area (TPSA) is 87.3 Å². The molecule has 1 saturated heterocycles. The lowest BCUT2D eigenvalue weighted by molar-refractivity contribution is 0.0925. The van der Waals surface area contributed by atoms with Gasteiger partial charge in [0.15, 0.2) is 0 Å². The Balaban J connectivity index is 0.00000312. The summed E-state index contributed by atoms with van der Waals surface area (Å²) in [5.74, 6) is 0.0744. The maximum atomic E-state index is 12.3. The number of rotatable bonds is 6. The van der Waals surface area contributed by atoms with Crippen LogP contribution in [0.3, 0.4) is 0 Å². The van der Waals surface area contributed by atoms with Crippen LogP contribution in [-0.4, -0.2) is 39.5 Å². The van der Waals surface area contributed by atoms with Crippen molar-refractivity contribution >= 4 is 28.3 Å². The molecule has 2 atom stereocenters. The van der Waals surface area contributed by atoms with Gasteiger partial charge in [0.25, 0.3) is 5.91 Å². The van der Waals surface area contributed by atoms with Crippen molar-refractivity contribution in [2.24, 2.45) is 5.92 Å². The Morgan fingerprint density at radius 1 is 1.28 bits per heavy atom. The molecule has 1 aliphatic rings. The van der Waals surface area contributed by atoms with Crippen LogP contribution < -0.4 is 15.4 Å². The van der Waals surface area contributed by atoms with Gasteiger partial charge in [-0.1, -0.05) is 13.8 Å². The Morgan fingerprint density at radius 3 is 2.48 bits per heavy atom. The molecule has 0 aliphatic carbocycles. The van der Waals surface area contributed by atoms with E-state index in [1.54, 1.807) is 12.1 Å². The van der Waals surface area contributed by atoms with Crippen molar-refractivity contribution < 1.29 is 13.2 Å². The van der Waals surface area contributed by atoms with Gasteiger partial charge in [-0.2, -0.15) is 0 Å². The summed E-state index contributed by atoms with van der Waals surface area (Å²) < 4.78 is 26.9. The molecule has 25 heavy (non-hydrogen) atoms. The average Bonchev–Trinajstić information content (AvgIpc) is 2.53. The molecule has 0 saturated carbocycles. The number of hydrogen-bond acceptors (Lipinski definition) is 4. The molecule has 1 aromatic carbocycles. The van der Waals surface area contributed by atoms with E-state index < -0.39 is 10.0 Å². The van der Waals surface area contributed by atoms with Crippen LogP contribution in [0.15, 0.2) is 29.2 Å². The van der Waals surface area contributed by atoms with E-state index in [9.17, 15) is 13.2 Å². The lowest BCUT2D eigenvalue weighted by Crippen LogP contribution is -2.46. The highest BCUT2D eigenvalue weighted by molar-refractivity contribution is 7.89. The van der Waals surface area contributed by atoms with Crippen LogP contribution in [0, 0.1) is 5.92 Å². The number of sulfonamides is 1. The molecule has 0 bridgehead atoms. The van der Waals surface area contributed by atoms with Gasteiger partial charge in [0.05, 0.1) is 4.90 Å². The van der Waals surface area contributed by atoms with Crippen LogP contribution in [0.2, 0.25) is 0 Å². The molecular weight excluding hydrogens is 362 g/mol. The van der Waals surface area contributed by atoms with E-state index in [2.05, 4.69) is 22.3 Å². The van der Waals surface area contributed by atoms with E-state index in [1.165, 1.54) is 12.1 Å². The summed E-state index contributed by atoms with van der Waals surface area (Å²) in [6.07, 6.45) is 1.80. The Hall–Kier alpha value is -1.15. The predicted octanol–water partition coefficient (Wildman–Crippen LogP) is 1.91. The van der Waals surface area contributed by atoms with Crippen molar-refractivity contribution in [3.63, 3.8) is 0 Å². The molecule has 142 valence electrons. The molecule has 0 radical (unpaired) electrons. The van der Waals surface area contributed by atoms with Gasteiger partial charge in [0, 0.05) is 24.2 Å². The minimum absolute atomic E-state index is 0. The van der Waals surface area contributed by atoms with Crippen molar-refractivity contribution in [3.05, 3.63) is 29.8 Å². The highest BCUT2D eigenvalue weighted by Gasteiger charge is 2.21. The normalized spacial score (nSPS) is 20.8. The molecule has 2 unspecified atom stereocenters. The average molecular weight is 390 g/mol. The third-order valence-corrected chi connectivity index (χ3v) is 5.51. The Labute approximate surface area is 156 Å². The predicted molar refractivity (Wildman–Crippen MR) is 102 cm³/mol. The van der Waals surface area contributed by atoms with Crippen LogP contribution in [0.25, 0.3) is 0 Å². The van der Waals surface area contributed by atoms with Crippen molar-refractivity contribution in [2.75, 3.05) is 13.1 Å². The number of piperidine rings is 1. The number of carbonyl (C=O) groups is 1. The van der Waals surface area contributed by atoms with Crippen molar-refractivity contribution in [2.45, 2.75) is 50.6 Å². The van der Waals surface area contributed by atoms with Crippen LogP contribution >= 0.6 is 12.4 Å². The van der Waals surface area contributed by atoms with E-state index >= 15 is 0 Å². The molecule has 8 heteroatoms. The number of nitrogens with one attached hydrogen (secondary N) is 3. The molecule has 0 aromatic heterocycles. The van der Waals surface area contributed by atoms with Crippen molar-refractivity contribution in [1.82, 2.24) is 15.4 Å². The van der Waals surface area contributed by atoms with Crippen LogP contribution in [0.5, 0.6) is 0 Å². The number of carbonyl (C=O) groups excluding carboxylic acids is 1. The second kappa shape index (κ2) is 9.52. The van der Waals surface area contributed by atoms with Gasteiger partial charge < -0.3 is 10.6 Å². The smallest absolute Gasteiger partial charge is 0.251 e. The quantitative estimate of drug-likeness (QED) is 0.693. The first-order chi connectivity index (χ1) is 11.3. The largest absolute Gasteiger partial charge is 0.349 e. The maximum Gasteiger partial charge on any atom is 0.251 e. The first kappa shape index (κ1) is 21.9. The summed E-state index contributed by atoms with van der Waals surface area (Å²) in [4.78, 5) is 12.5. The molecule has 1 aromatic rings. The monoisotopic (exact) mass is 389 g/mol. The number of halogens is 1. The molecule has 3 N–H and O–H groups in total. The number of hydrogen-bond donors (Lipinski definition) is 3. The Kier molecular flexibility index (Phi) is 8.34.